The standard InChI is InChI=1S/C18H12Cl4N2O2/c1-8-15(17(25)23-13-6-9(19)2-4-11(13)21)16(8)18(26)24-14-7-10(20)3-5-12(14)22/h2-7,15-16H,1H2,(H,23,25)(H,24,26)/t15-,16-/m0/s1. The Balaban J connectivity index is 1.68. The summed E-state index contributed by atoms with van der Waals surface area (Å²) in [4.78, 5) is 24.9. The van der Waals surface area contributed by atoms with Gasteiger partial charge in [0, 0.05) is 10.0 Å². The van der Waals surface area contributed by atoms with Gasteiger partial charge in [-0.15, -0.1) is 0 Å². The summed E-state index contributed by atoms with van der Waals surface area (Å²) in [6.07, 6.45) is 0. The first-order valence-electron chi connectivity index (χ1n) is 7.48. The lowest BCUT2D eigenvalue weighted by Gasteiger charge is -2.08. The predicted molar refractivity (Wildman–Crippen MR) is 106 cm³/mol. The molecular formula is C18H12Cl4N2O2. The lowest BCUT2D eigenvalue weighted by atomic mass is 10.2. The van der Waals surface area contributed by atoms with Crippen LogP contribution in [0, 0.1) is 11.8 Å². The molecule has 3 rings (SSSR count). The average Bonchev–Trinajstić information content (AvgIpc) is 3.26. The molecule has 0 unspecified atom stereocenters. The van der Waals surface area contributed by atoms with Gasteiger partial charge in [0.1, 0.15) is 0 Å². The summed E-state index contributed by atoms with van der Waals surface area (Å²) in [5.41, 5.74) is 1.26. The van der Waals surface area contributed by atoms with Crippen LogP contribution < -0.4 is 10.6 Å². The fourth-order valence-electron chi connectivity index (χ4n) is 2.56. The van der Waals surface area contributed by atoms with Gasteiger partial charge in [-0.3, -0.25) is 9.59 Å². The highest BCUT2D eigenvalue weighted by Gasteiger charge is 2.52. The molecule has 134 valence electrons. The number of hydrogen-bond acceptors (Lipinski definition) is 2. The predicted octanol–water partition coefficient (Wildman–Crippen LogP) is 5.68. The molecule has 0 radical (unpaired) electrons. The molecule has 2 atom stereocenters. The van der Waals surface area contributed by atoms with Crippen molar-refractivity contribution in [3.05, 3.63) is 68.6 Å². The molecule has 2 aromatic carbocycles. The van der Waals surface area contributed by atoms with Gasteiger partial charge in [-0.25, -0.2) is 0 Å². The number of rotatable bonds is 4. The summed E-state index contributed by atoms with van der Waals surface area (Å²) >= 11 is 23.9. The molecule has 1 aliphatic rings. The number of nitrogens with one attached hydrogen (secondary N) is 2. The highest BCUT2D eigenvalue weighted by atomic mass is 35.5. The number of carbonyl (C=O) groups excluding carboxylic acids is 2. The molecule has 0 aromatic heterocycles. The summed E-state index contributed by atoms with van der Waals surface area (Å²) in [6.45, 7) is 3.80. The summed E-state index contributed by atoms with van der Waals surface area (Å²) in [5, 5.41) is 6.90. The van der Waals surface area contributed by atoms with E-state index in [-0.39, 0.29) is 11.8 Å². The SMILES string of the molecule is C=C1[C@H](C(=O)Nc2cc(Cl)ccc2Cl)[C@H]1C(=O)Nc1cc(Cl)ccc1Cl. The van der Waals surface area contributed by atoms with Gasteiger partial charge in [-0.1, -0.05) is 58.6 Å². The molecule has 1 fully saturated rings. The maximum Gasteiger partial charge on any atom is 0.232 e. The third-order valence-electron chi connectivity index (χ3n) is 3.96. The molecule has 8 heteroatoms. The van der Waals surface area contributed by atoms with Crippen molar-refractivity contribution in [1.29, 1.82) is 0 Å². The summed E-state index contributed by atoms with van der Waals surface area (Å²) < 4.78 is 0. The smallest absolute Gasteiger partial charge is 0.232 e. The Morgan fingerprint density at radius 1 is 0.769 bits per heavy atom. The maximum atomic E-state index is 12.4. The van der Waals surface area contributed by atoms with Crippen molar-refractivity contribution in [2.75, 3.05) is 10.6 Å². The van der Waals surface area contributed by atoms with Gasteiger partial charge in [0.15, 0.2) is 0 Å². The second kappa shape index (κ2) is 7.49. The highest BCUT2D eigenvalue weighted by molar-refractivity contribution is 6.36. The third kappa shape index (κ3) is 3.99. The Hall–Kier alpha value is -1.72. The zero-order chi connectivity index (χ0) is 19.0. The van der Waals surface area contributed by atoms with Crippen molar-refractivity contribution in [2.24, 2.45) is 11.8 Å². The largest absolute Gasteiger partial charge is 0.324 e. The molecule has 2 N–H and O–H groups in total. The Morgan fingerprint density at radius 3 is 1.54 bits per heavy atom. The van der Waals surface area contributed by atoms with E-state index >= 15 is 0 Å². The van der Waals surface area contributed by atoms with Crippen LogP contribution in [0.5, 0.6) is 0 Å². The molecule has 0 bridgehead atoms. The van der Waals surface area contributed by atoms with E-state index in [0.29, 0.717) is 37.0 Å². The Kier molecular flexibility index (Phi) is 5.49. The minimum Gasteiger partial charge on any atom is -0.324 e. The van der Waals surface area contributed by atoms with Crippen LogP contribution in [0.1, 0.15) is 0 Å². The van der Waals surface area contributed by atoms with Crippen LogP contribution >= 0.6 is 46.4 Å². The minimum absolute atomic E-state index is 0.348. The topological polar surface area (TPSA) is 58.2 Å². The number of anilines is 2. The van der Waals surface area contributed by atoms with Gasteiger partial charge in [0.05, 0.1) is 33.3 Å². The molecule has 0 heterocycles. The lowest BCUT2D eigenvalue weighted by Crippen LogP contribution is -2.20. The van der Waals surface area contributed by atoms with E-state index < -0.39 is 11.8 Å². The number of amides is 2. The maximum absolute atomic E-state index is 12.4. The average molecular weight is 430 g/mol. The van der Waals surface area contributed by atoms with E-state index in [2.05, 4.69) is 17.2 Å². The molecule has 26 heavy (non-hydrogen) atoms. The van der Waals surface area contributed by atoms with Crippen molar-refractivity contribution in [3.63, 3.8) is 0 Å². The zero-order valence-corrected chi connectivity index (χ0v) is 16.2. The lowest BCUT2D eigenvalue weighted by molar-refractivity contribution is -0.122. The first-order valence-corrected chi connectivity index (χ1v) is 8.99. The number of halogens is 4. The van der Waals surface area contributed by atoms with Crippen LogP contribution in [0.15, 0.2) is 48.6 Å². The molecule has 0 aliphatic heterocycles. The second-order valence-electron chi connectivity index (χ2n) is 5.76. The second-order valence-corrected chi connectivity index (χ2v) is 7.44. The van der Waals surface area contributed by atoms with Gasteiger partial charge in [0.25, 0.3) is 0 Å². The van der Waals surface area contributed by atoms with Crippen LogP contribution in [0.25, 0.3) is 0 Å². The van der Waals surface area contributed by atoms with Gasteiger partial charge in [-0.05, 0) is 36.4 Å². The molecule has 0 saturated heterocycles. The van der Waals surface area contributed by atoms with Gasteiger partial charge in [-0.2, -0.15) is 0 Å². The van der Waals surface area contributed by atoms with Gasteiger partial charge >= 0.3 is 0 Å². The third-order valence-corrected chi connectivity index (χ3v) is 5.09. The van der Waals surface area contributed by atoms with E-state index in [9.17, 15) is 9.59 Å². The quantitative estimate of drug-likeness (QED) is 0.614. The Morgan fingerprint density at radius 2 is 1.15 bits per heavy atom. The van der Waals surface area contributed by atoms with Crippen LogP contribution in [-0.2, 0) is 9.59 Å². The van der Waals surface area contributed by atoms with Crippen molar-refractivity contribution >= 4 is 69.6 Å². The minimum atomic E-state index is -0.650. The summed E-state index contributed by atoms with van der Waals surface area (Å²) in [7, 11) is 0. The fourth-order valence-corrected chi connectivity index (χ4v) is 3.24. The van der Waals surface area contributed by atoms with Crippen LogP contribution in [0.2, 0.25) is 20.1 Å². The molecule has 2 aromatic rings. The normalized spacial score (nSPS) is 18.4. The fraction of sp³-hybridized carbons (Fsp3) is 0.111. The Bertz CT molecular complexity index is 856. The Labute approximate surface area is 170 Å². The number of benzene rings is 2. The first kappa shape index (κ1) is 19.1. The van der Waals surface area contributed by atoms with Crippen LogP contribution in [0.3, 0.4) is 0 Å². The molecule has 1 saturated carbocycles. The van der Waals surface area contributed by atoms with Crippen LogP contribution in [0.4, 0.5) is 11.4 Å². The van der Waals surface area contributed by atoms with Crippen molar-refractivity contribution in [1.82, 2.24) is 0 Å². The number of hydrogen-bond donors (Lipinski definition) is 2. The van der Waals surface area contributed by atoms with E-state index in [1.54, 1.807) is 24.3 Å². The molecule has 0 spiro atoms. The molecule has 1 aliphatic carbocycles. The van der Waals surface area contributed by atoms with E-state index in [4.69, 9.17) is 46.4 Å². The van der Waals surface area contributed by atoms with Crippen molar-refractivity contribution < 1.29 is 9.59 Å². The van der Waals surface area contributed by atoms with E-state index in [1.807, 2.05) is 0 Å². The highest BCUT2D eigenvalue weighted by Crippen LogP contribution is 2.46. The first-order chi connectivity index (χ1) is 12.3. The zero-order valence-electron chi connectivity index (χ0n) is 13.2. The van der Waals surface area contributed by atoms with E-state index in [1.165, 1.54) is 12.1 Å². The summed E-state index contributed by atoms with van der Waals surface area (Å²) in [6, 6.07) is 9.45. The van der Waals surface area contributed by atoms with Gasteiger partial charge in [0.2, 0.25) is 11.8 Å². The molecule has 4 nitrogen and oxygen atoms in total. The van der Waals surface area contributed by atoms with Gasteiger partial charge < -0.3 is 10.6 Å². The monoisotopic (exact) mass is 428 g/mol. The molecular weight excluding hydrogens is 418 g/mol. The molecule has 2 amide bonds. The van der Waals surface area contributed by atoms with Crippen molar-refractivity contribution in [2.45, 2.75) is 0 Å². The van der Waals surface area contributed by atoms with Crippen molar-refractivity contribution in [3.8, 4) is 0 Å². The van der Waals surface area contributed by atoms with Crippen LogP contribution in [-0.4, -0.2) is 11.8 Å². The number of carbonyl (C=O) groups is 2. The summed E-state index contributed by atoms with van der Waals surface area (Å²) in [5.74, 6) is -2.06. The van der Waals surface area contributed by atoms with E-state index in [0.717, 1.165) is 0 Å².